The summed E-state index contributed by atoms with van der Waals surface area (Å²) in [5.41, 5.74) is 0.967. The van der Waals surface area contributed by atoms with Crippen molar-refractivity contribution in [3.63, 3.8) is 0 Å². The predicted octanol–water partition coefficient (Wildman–Crippen LogP) is 2.31. The number of sulfone groups is 1. The molecule has 0 aromatic heterocycles. The fourth-order valence-corrected chi connectivity index (χ4v) is 2.07. The van der Waals surface area contributed by atoms with Gasteiger partial charge in [0.2, 0.25) is 0 Å². The Labute approximate surface area is 83.5 Å². The van der Waals surface area contributed by atoms with E-state index >= 15 is 0 Å². The first-order valence-electron chi connectivity index (χ1n) is 3.93. The lowest BCUT2D eigenvalue weighted by Gasteiger charge is -2.03. The van der Waals surface area contributed by atoms with Crippen LogP contribution in [0.5, 0.6) is 0 Å². The Kier molecular flexibility index (Phi) is 2.98. The van der Waals surface area contributed by atoms with Gasteiger partial charge in [-0.3, -0.25) is 0 Å². The molecule has 0 aliphatic rings. The smallest absolute Gasteiger partial charge is 0.175 e. The number of halogens is 1. The van der Waals surface area contributed by atoms with Crippen molar-refractivity contribution in [2.45, 2.75) is 18.2 Å². The molecule has 72 valence electrons. The van der Waals surface area contributed by atoms with Crippen LogP contribution in [0.4, 0.5) is 0 Å². The summed E-state index contributed by atoms with van der Waals surface area (Å²) >= 11 is 5.87. The molecule has 1 rings (SSSR count). The Bertz CT molecular complexity index is 410. The average Bonchev–Trinajstić information content (AvgIpc) is 2.02. The molecule has 0 N–H and O–H groups in total. The van der Waals surface area contributed by atoms with Crippen LogP contribution < -0.4 is 0 Å². The minimum atomic E-state index is -3.13. The van der Waals surface area contributed by atoms with Gasteiger partial charge >= 0.3 is 0 Å². The normalized spacial score (nSPS) is 11.6. The first-order chi connectivity index (χ1) is 5.95. The molecular formula is C9H11ClO2S. The first kappa shape index (κ1) is 10.5. The van der Waals surface area contributed by atoms with Gasteiger partial charge in [-0.15, -0.1) is 0 Å². The number of rotatable bonds is 2. The van der Waals surface area contributed by atoms with Gasteiger partial charge in [-0.25, -0.2) is 8.42 Å². The van der Waals surface area contributed by atoms with Crippen molar-refractivity contribution in [1.82, 2.24) is 0 Å². The molecule has 0 aliphatic carbocycles. The molecule has 0 radical (unpaired) electrons. The lowest BCUT2D eigenvalue weighted by molar-refractivity contribution is 0.602. The third-order valence-corrected chi connectivity index (χ3v) is 3.30. The van der Waals surface area contributed by atoms with E-state index in [1.54, 1.807) is 12.1 Å². The van der Waals surface area contributed by atoms with Gasteiger partial charge in [0.05, 0.1) is 4.90 Å². The topological polar surface area (TPSA) is 34.1 Å². The van der Waals surface area contributed by atoms with Gasteiger partial charge in [0.1, 0.15) is 0 Å². The van der Waals surface area contributed by atoms with E-state index in [-0.39, 0.29) is 4.90 Å². The lowest BCUT2D eigenvalue weighted by Crippen LogP contribution is -1.97. The fourth-order valence-electron chi connectivity index (χ4n) is 1.05. The largest absolute Gasteiger partial charge is 0.224 e. The molecule has 0 saturated carbocycles. The highest BCUT2D eigenvalue weighted by Crippen LogP contribution is 2.20. The van der Waals surface area contributed by atoms with E-state index in [1.165, 1.54) is 12.3 Å². The maximum atomic E-state index is 11.1. The van der Waals surface area contributed by atoms with E-state index < -0.39 is 9.84 Å². The summed E-state index contributed by atoms with van der Waals surface area (Å²) < 4.78 is 22.3. The zero-order valence-corrected chi connectivity index (χ0v) is 9.11. The third-order valence-electron chi connectivity index (χ3n) is 1.83. The zero-order valence-electron chi connectivity index (χ0n) is 7.54. The quantitative estimate of drug-likeness (QED) is 0.764. The van der Waals surface area contributed by atoms with Crippen molar-refractivity contribution in [2.24, 2.45) is 0 Å². The minimum Gasteiger partial charge on any atom is -0.224 e. The maximum absolute atomic E-state index is 11.1. The molecule has 0 amide bonds. The molecule has 0 heterocycles. The van der Waals surface area contributed by atoms with E-state index in [0.29, 0.717) is 5.02 Å². The zero-order chi connectivity index (χ0) is 10.1. The molecule has 0 spiro atoms. The molecule has 0 unspecified atom stereocenters. The Morgan fingerprint density at radius 2 is 2.00 bits per heavy atom. The Balaban J connectivity index is 3.26. The van der Waals surface area contributed by atoms with Crippen molar-refractivity contribution >= 4 is 21.4 Å². The van der Waals surface area contributed by atoms with E-state index in [9.17, 15) is 8.42 Å². The second-order valence-corrected chi connectivity index (χ2v) is 5.30. The number of aryl methyl sites for hydroxylation is 1. The summed E-state index contributed by atoms with van der Waals surface area (Å²) in [6.07, 6.45) is 1.98. The van der Waals surface area contributed by atoms with Crippen LogP contribution in [0.15, 0.2) is 23.1 Å². The highest BCUT2D eigenvalue weighted by Gasteiger charge is 2.08. The molecule has 4 heteroatoms. The van der Waals surface area contributed by atoms with Gasteiger partial charge in [0.15, 0.2) is 9.84 Å². The summed E-state index contributed by atoms with van der Waals surface area (Å²) in [6, 6.07) is 4.83. The average molecular weight is 219 g/mol. The van der Waals surface area contributed by atoms with Gasteiger partial charge in [-0.2, -0.15) is 0 Å². The van der Waals surface area contributed by atoms with Crippen LogP contribution in [0, 0.1) is 0 Å². The Hall–Kier alpha value is -0.540. The van der Waals surface area contributed by atoms with Crippen molar-refractivity contribution in [3.05, 3.63) is 28.8 Å². The monoisotopic (exact) mass is 218 g/mol. The van der Waals surface area contributed by atoms with E-state index in [2.05, 4.69) is 0 Å². The van der Waals surface area contributed by atoms with Gasteiger partial charge in [-0.05, 0) is 24.1 Å². The summed E-state index contributed by atoms with van der Waals surface area (Å²) in [5, 5.41) is 0.519. The van der Waals surface area contributed by atoms with Crippen LogP contribution >= 0.6 is 11.6 Å². The SMILES string of the molecule is CCc1ccc(S(C)(=O)=O)cc1Cl. The Morgan fingerprint density at radius 1 is 1.38 bits per heavy atom. The second-order valence-electron chi connectivity index (χ2n) is 2.88. The number of benzene rings is 1. The lowest BCUT2D eigenvalue weighted by atomic mass is 10.2. The summed E-state index contributed by atoms with van der Waals surface area (Å²) in [5.74, 6) is 0. The molecule has 0 atom stereocenters. The van der Waals surface area contributed by atoms with Crippen LogP contribution in [0.3, 0.4) is 0 Å². The van der Waals surface area contributed by atoms with Gasteiger partial charge in [0, 0.05) is 11.3 Å². The highest BCUT2D eigenvalue weighted by atomic mass is 35.5. The molecule has 1 aromatic rings. The van der Waals surface area contributed by atoms with Crippen molar-refractivity contribution in [1.29, 1.82) is 0 Å². The van der Waals surface area contributed by atoms with E-state index in [0.717, 1.165) is 12.0 Å². The highest BCUT2D eigenvalue weighted by molar-refractivity contribution is 7.90. The van der Waals surface area contributed by atoms with E-state index in [1.807, 2.05) is 6.92 Å². The van der Waals surface area contributed by atoms with Gasteiger partial charge in [0.25, 0.3) is 0 Å². The summed E-state index contributed by atoms with van der Waals surface area (Å²) in [7, 11) is -3.13. The molecule has 0 saturated heterocycles. The maximum Gasteiger partial charge on any atom is 0.175 e. The fraction of sp³-hybridized carbons (Fsp3) is 0.333. The molecule has 13 heavy (non-hydrogen) atoms. The van der Waals surface area contributed by atoms with Crippen molar-refractivity contribution in [3.8, 4) is 0 Å². The molecule has 0 fully saturated rings. The van der Waals surface area contributed by atoms with Crippen LogP contribution in [-0.2, 0) is 16.3 Å². The van der Waals surface area contributed by atoms with Crippen molar-refractivity contribution < 1.29 is 8.42 Å². The van der Waals surface area contributed by atoms with Crippen LogP contribution in [0.1, 0.15) is 12.5 Å². The molecule has 2 nitrogen and oxygen atoms in total. The first-order valence-corrected chi connectivity index (χ1v) is 6.20. The second kappa shape index (κ2) is 3.68. The summed E-state index contributed by atoms with van der Waals surface area (Å²) in [4.78, 5) is 0.273. The van der Waals surface area contributed by atoms with Crippen LogP contribution in [0.25, 0.3) is 0 Å². The van der Waals surface area contributed by atoms with Crippen molar-refractivity contribution in [2.75, 3.05) is 6.26 Å². The minimum absolute atomic E-state index is 0.273. The van der Waals surface area contributed by atoms with Crippen LogP contribution in [0.2, 0.25) is 5.02 Å². The third kappa shape index (κ3) is 2.45. The Morgan fingerprint density at radius 3 is 2.38 bits per heavy atom. The molecule has 0 bridgehead atoms. The number of hydrogen-bond donors (Lipinski definition) is 0. The van der Waals surface area contributed by atoms with Gasteiger partial charge in [-0.1, -0.05) is 24.6 Å². The van der Waals surface area contributed by atoms with Gasteiger partial charge < -0.3 is 0 Å². The number of hydrogen-bond acceptors (Lipinski definition) is 2. The molecule has 0 aliphatic heterocycles. The predicted molar refractivity (Wildman–Crippen MR) is 53.9 cm³/mol. The van der Waals surface area contributed by atoms with E-state index in [4.69, 9.17) is 11.6 Å². The summed E-state index contributed by atoms with van der Waals surface area (Å²) in [6.45, 7) is 1.97. The standard InChI is InChI=1S/C9H11ClO2S/c1-3-7-4-5-8(6-9(7)10)13(2,11)12/h4-6H,3H2,1-2H3. The molecule has 1 aromatic carbocycles. The molecular weight excluding hydrogens is 208 g/mol. The van der Waals surface area contributed by atoms with Crippen LogP contribution in [-0.4, -0.2) is 14.7 Å².